The van der Waals surface area contributed by atoms with E-state index in [1.807, 2.05) is 19.1 Å². The van der Waals surface area contributed by atoms with Crippen LogP contribution in [0.1, 0.15) is 17.2 Å². The molecule has 0 saturated heterocycles. The molecule has 3 heteroatoms. The smallest absolute Gasteiger partial charge is 0.135 e. The average Bonchev–Trinajstić information content (AvgIpc) is 2.04. The van der Waals surface area contributed by atoms with Crippen LogP contribution in [0.4, 0.5) is 0 Å². The molecule has 0 aliphatic rings. The largest absolute Gasteiger partial charge is 0.385 e. The maximum Gasteiger partial charge on any atom is 0.135 e. The van der Waals surface area contributed by atoms with Crippen molar-refractivity contribution in [3.05, 3.63) is 35.4 Å². The molecule has 4 N–H and O–H groups in total. The molecule has 0 bridgehead atoms. The Labute approximate surface area is 71.3 Å². The van der Waals surface area contributed by atoms with Crippen molar-refractivity contribution in [2.24, 2.45) is 5.73 Å². The van der Waals surface area contributed by atoms with E-state index < -0.39 is 6.10 Å². The van der Waals surface area contributed by atoms with Crippen molar-refractivity contribution in [3.63, 3.8) is 0 Å². The Kier molecular flexibility index (Phi) is 2.45. The second kappa shape index (κ2) is 3.36. The Balaban J connectivity index is 2.89. The van der Waals surface area contributed by atoms with E-state index in [4.69, 9.17) is 11.1 Å². The molecule has 1 rings (SSSR count). The van der Waals surface area contributed by atoms with Crippen molar-refractivity contribution in [1.82, 2.24) is 0 Å². The van der Waals surface area contributed by atoms with Gasteiger partial charge in [0.05, 0.1) is 0 Å². The highest BCUT2D eigenvalue weighted by Crippen LogP contribution is 2.12. The van der Waals surface area contributed by atoms with Crippen molar-refractivity contribution >= 4 is 5.84 Å². The molecule has 0 radical (unpaired) electrons. The van der Waals surface area contributed by atoms with Gasteiger partial charge in [-0.3, -0.25) is 5.41 Å². The number of aryl methyl sites for hydroxylation is 1. The maximum absolute atomic E-state index is 9.34. The highest BCUT2D eigenvalue weighted by atomic mass is 16.3. The monoisotopic (exact) mass is 164 g/mol. The van der Waals surface area contributed by atoms with Crippen molar-refractivity contribution in [2.75, 3.05) is 0 Å². The van der Waals surface area contributed by atoms with Crippen LogP contribution in [-0.4, -0.2) is 10.9 Å². The molecule has 1 unspecified atom stereocenters. The van der Waals surface area contributed by atoms with Crippen LogP contribution >= 0.6 is 0 Å². The molecule has 12 heavy (non-hydrogen) atoms. The van der Waals surface area contributed by atoms with E-state index in [1.54, 1.807) is 12.1 Å². The quantitative estimate of drug-likeness (QED) is 0.450. The average molecular weight is 164 g/mol. The van der Waals surface area contributed by atoms with Crippen LogP contribution in [0.3, 0.4) is 0 Å². The van der Waals surface area contributed by atoms with Gasteiger partial charge in [0, 0.05) is 0 Å². The fraction of sp³-hybridized carbons (Fsp3) is 0.222. The van der Waals surface area contributed by atoms with Crippen LogP contribution in [0, 0.1) is 12.3 Å². The molecule has 0 fully saturated rings. The molecule has 0 amide bonds. The lowest BCUT2D eigenvalue weighted by Crippen LogP contribution is -2.19. The minimum Gasteiger partial charge on any atom is -0.385 e. The maximum atomic E-state index is 9.34. The lowest BCUT2D eigenvalue weighted by molar-refractivity contribution is 0.245. The minimum atomic E-state index is -0.967. The summed E-state index contributed by atoms with van der Waals surface area (Å²) < 4.78 is 0. The molecule has 0 spiro atoms. The number of amidine groups is 1. The van der Waals surface area contributed by atoms with Crippen LogP contribution in [0.25, 0.3) is 0 Å². The van der Waals surface area contributed by atoms with Gasteiger partial charge in [0.1, 0.15) is 11.9 Å². The molecule has 0 saturated carbocycles. The first-order valence-electron chi connectivity index (χ1n) is 3.70. The molecular weight excluding hydrogens is 152 g/mol. The van der Waals surface area contributed by atoms with Crippen LogP contribution in [-0.2, 0) is 0 Å². The van der Waals surface area contributed by atoms with Gasteiger partial charge in [-0.2, -0.15) is 0 Å². The van der Waals surface area contributed by atoms with Crippen LogP contribution < -0.4 is 5.73 Å². The summed E-state index contributed by atoms with van der Waals surface area (Å²) in [5, 5.41) is 16.4. The fourth-order valence-corrected chi connectivity index (χ4v) is 0.928. The van der Waals surface area contributed by atoms with Crippen molar-refractivity contribution < 1.29 is 5.11 Å². The molecule has 0 heterocycles. The summed E-state index contributed by atoms with van der Waals surface area (Å²) in [7, 11) is 0. The minimum absolute atomic E-state index is 0.223. The number of aliphatic hydroxyl groups is 1. The summed E-state index contributed by atoms with van der Waals surface area (Å²) in [4.78, 5) is 0. The zero-order valence-corrected chi connectivity index (χ0v) is 6.91. The summed E-state index contributed by atoms with van der Waals surface area (Å²) in [5.41, 5.74) is 6.92. The number of benzene rings is 1. The molecule has 0 aromatic heterocycles. The summed E-state index contributed by atoms with van der Waals surface area (Å²) in [6, 6.07) is 7.28. The standard InChI is InChI=1S/C9H12N2O/c1-6-2-4-7(5-3-6)8(12)9(10)11/h2-5,8,12H,1H3,(H3,10,11). The van der Waals surface area contributed by atoms with E-state index in [9.17, 15) is 5.11 Å². The van der Waals surface area contributed by atoms with Gasteiger partial charge in [-0.05, 0) is 12.5 Å². The zero-order chi connectivity index (χ0) is 9.14. The van der Waals surface area contributed by atoms with E-state index in [2.05, 4.69) is 0 Å². The predicted molar refractivity (Wildman–Crippen MR) is 48.1 cm³/mol. The molecule has 64 valence electrons. The highest BCUT2D eigenvalue weighted by molar-refractivity contribution is 5.82. The Morgan fingerprint density at radius 2 is 1.92 bits per heavy atom. The highest BCUT2D eigenvalue weighted by Gasteiger charge is 2.08. The van der Waals surface area contributed by atoms with E-state index >= 15 is 0 Å². The summed E-state index contributed by atoms with van der Waals surface area (Å²) >= 11 is 0. The fourth-order valence-electron chi connectivity index (χ4n) is 0.928. The van der Waals surface area contributed by atoms with Crippen molar-refractivity contribution in [3.8, 4) is 0 Å². The third-order valence-electron chi connectivity index (χ3n) is 1.69. The first kappa shape index (κ1) is 8.74. The number of aliphatic hydroxyl groups excluding tert-OH is 1. The van der Waals surface area contributed by atoms with Gasteiger partial charge in [-0.1, -0.05) is 29.8 Å². The molecule has 0 aliphatic carbocycles. The third-order valence-corrected chi connectivity index (χ3v) is 1.69. The van der Waals surface area contributed by atoms with Gasteiger partial charge in [0.2, 0.25) is 0 Å². The van der Waals surface area contributed by atoms with E-state index in [0.29, 0.717) is 5.56 Å². The summed E-state index contributed by atoms with van der Waals surface area (Å²) in [6.45, 7) is 1.96. The Hall–Kier alpha value is -1.35. The second-order valence-corrected chi connectivity index (χ2v) is 2.77. The Morgan fingerprint density at radius 1 is 1.42 bits per heavy atom. The lowest BCUT2D eigenvalue weighted by atomic mass is 10.1. The number of nitrogens with one attached hydrogen (secondary N) is 1. The second-order valence-electron chi connectivity index (χ2n) is 2.77. The molecule has 1 aromatic rings. The first-order valence-corrected chi connectivity index (χ1v) is 3.70. The van der Waals surface area contributed by atoms with Crippen molar-refractivity contribution in [1.29, 1.82) is 5.41 Å². The van der Waals surface area contributed by atoms with Crippen LogP contribution in [0.2, 0.25) is 0 Å². The van der Waals surface area contributed by atoms with Crippen LogP contribution in [0.15, 0.2) is 24.3 Å². The normalized spacial score (nSPS) is 12.5. The Morgan fingerprint density at radius 3 is 2.33 bits per heavy atom. The zero-order valence-electron chi connectivity index (χ0n) is 6.91. The summed E-state index contributed by atoms with van der Waals surface area (Å²) in [5.74, 6) is -0.223. The number of nitrogens with two attached hydrogens (primary N) is 1. The van der Waals surface area contributed by atoms with Gasteiger partial charge in [-0.25, -0.2) is 0 Å². The molecule has 1 aromatic carbocycles. The number of rotatable bonds is 2. The molecular formula is C9H12N2O. The Bertz CT molecular complexity index is 279. The number of hydrogen-bond donors (Lipinski definition) is 3. The predicted octanol–water partition coefficient (Wildman–Crippen LogP) is 0.964. The van der Waals surface area contributed by atoms with Crippen LogP contribution in [0.5, 0.6) is 0 Å². The number of hydrogen-bond acceptors (Lipinski definition) is 2. The van der Waals surface area contributed by atoms with E-state index in [1.165, 1.54) is 0 Å². The third kappa shape index (κ3) is 1.83. The molecule has 3 nitrogen and oxygen atoms in total. The van der Waals surface area contributed by atoms with E-state index in [0.717, 1.165) is 5.56 Å². The van der Waals surface area contributed by atoms with Gasteiger partial charge in [0.25, 0.3) is 0 Å². The van der Waals surface area contributed by atoms with Gasteiger partial charge >= 0.3 is 0 Å². The topological polar surface area (TPSA) is 70.1 Å². The lowest BCUT2D eigenvalue weighted by Gasteiger charge is -2.08. The molecule has 0 aliphatic heterocycles. The first-order chi connectivity index (χ1) is 5.61. The van der Waals surface area contributed by atoms with Gasteiger partial charge in [-0.15, -0.1) is 0 Å². The van der Waals surface area contributed by atoms with Gasteiger partial charge < -0.3 is 10.8 Å². The van der Waals surface area contributed by atoms with E-state index in [-0.39, 0.29) is 5.84 Å². The SMILES string of the molecule is Cc1ccc(C(O)C(=N)N)cc1. The summed E-state index contributed by atoms with van der Waals surface area (Å²) in [6.07, 6.45) is -0.967. The molecule has 1 atom stereocenters. The van der Waals surface area contributed by atoms with Crippen molar-refractivity contribution in [2.45, 2.75) is 13.0 Å². The van der Waals surface area contributed by atoms with Gasteiger partial charge in [0.15, 0.2) is 0 Å².